The van der Waals surface area contributed by atoms with Crippen LogP contribution in [0.25, 0.3) is 0 Å². The topological polar surface area (TPSA) is 29.1 Å². The van der Waals surface area contributed by atoms with Gasteiger partial charge >= 0.3 is 0 Å². The van der Waals surface area contributed by atoms with Crippen LogP contribution in [0.15, 0.2) is 54.6 Å². The lowest BCUT2D eigenvalue weighted by Crippen LogP contribution is -2.30. The number of amides is 1. The van der Waals surface area contributed by atoms with Crippen LogP contribution >= 0.6 is 0 Å². The molecule has 118 valence electrons. The Bertz CT molecular complexity index is 669. The molecule has 2 aliphatic carbocycles. The normalized spacial score (nSPS) is 19.0. The van der Waals surface area contributed by atoms with E-state index in [4.69, 9.17) is 0 Å². The minimum atomic E-state index is -0.0419. The first kappa shape index (κ1) is 14.5. The van der Waals surface area contributed by atoms with Gasteiger partial charge in [-0.2, -0.15) is 0 Å². The Morgan fingerprint density at radius 2 is 1.52 bits per heavy atom. The van der Waals surface area contributed by atoms with Gasteiger partial charge in [0, 0.05) is 5.92 Å². The highest BCUT2D eigenvalue weighted by molar-refractivity contribution is 5.81. The molecule has 0 aromatic heterocycles. The standard InChI is InChI=1S/C21H23NO/c23-21(19-13-14-19)22-20(17-5-2-1-3-6-17)18-11-9-16(10-12-18)15-7-4-8-15/h1-3,5-6,9-12,15,19-20H,4,7-8,13-14H2,(H,22,23)/t20-/m0/s1. The van der Waals surface area contributed by atoms with Crippen molar-refractivity contribution in [2.24, 2.45) is 5.92 Å². The van der Waals surface area contributed by atoms with Gasteiger partial charge in [0.15, 0.2) is 0 Å². The van der Waals surface area contributed by atoms with Gasteiger partial charge in [0.25, 0.3) is 0 Å². The van der Waals surface area contributed by atoms with Gasteiger partial charge in [-0.3, -0.25) is 4.79 Å². The number of hydrogen-bond donors (Lipinski definition) is 1. The van der Waals surface area contributed by atoms with Crippen molar-refractivity contribution in [1.82, 2.24) is 5.32 Å². The molecule has 2 fully saturated rings. The second kappa shape index (κ2) is 6.19. The van der Waals surface area contributed by atoms with Crippen LogP contribution in [0.4, 0.5) is 0 Å². The molecule has 0 heterocycles. The van der Waals surface area contributed by atoms with Crippen LogP contribution in [-0.4, -0.2) is 5.91 Å². The Hall–Kier alpha value is -2.09. The summed E-state index contributed by atoms with van der Waals surface area (Å²) in [6.07, 6.45) is 6.07. The molecule has 2 aliphatic rings. The summed E-state index contributed by atoms with van der Waals surface area (Å²) < 4.78 is 0. The zero-order valence-electron chi connectivity index (χ0n) is 13.4. The maximum absolute atomic E-state index is 12.3. The molecule has 1 amide bonds. The molecule has 2 aromatic rings. The monoisotopic (exact) mass is 305 g/mol. The fraction of sp³-hybridized carbons (Fsp3) is 0.381. The van der Waals surface area contributed by atoms with Crippen LogP contribution in [0, 0.1) is 5.92 Å². The molecule has 23 heavy (non-hydrogen) atoms. The van der Waals surface area contributed by atoms with Gasteiger partial charge in [0.05, 0.1) is 6.04 Å². The molecule has 0 radical (unpaired) electrons. The minimum Gasteiger partial charge on any atom is -0.345 e. The molecule has 0 aliphatic heterocycles. The molecule has 4 rings (SSSR count). The van der Waals surface area contributed by atoms with Crippen molar-refractivity contribution in [1.29, 1.82) is 0 Å². The highest BCUT2D eigenvalue weighted by Gasteiger charge is 2.31. The van der Waals surface area contributed by atoms with E-state index >= 15 is 0 Å². The highest BCUT2D eigenvalue weighted by Crippen LogP contribution is 2.37. The van der Waals surface area contributed by atoms with E-state index < -0.39 is 0 Å². The second-order valence-corrected chi connectivity index (χ2v) is 6.92. The van der Waals surface area contributed by atoms with E-state index in [0.717, 1.165) is 24.3 Å². The maximum Gasteiger partial charge on any atom is 0.223 e. The number of carbonyl (C=O) groups is 1. The Labute approximate surface area is 137 Å². The van der Waals surface area contributed by atoms with Gasteiger partial charge < -0.3 is 5.32 Å². The lowest BCUT2D eigenvalue weighted by Gasteiger charge is -2.26. The van der Waals surface area contributed by atoms with Gasteiger partial charge in [-0.15, -0.1) is 0 Å². The van der Waals surface area contributed by atoms with Crippen molar-refractivity contribution in [3.8, 4) is 0 Å². The summed E-state index contributed by atoms with van der Waals surface area (Å²) >= 11 is 0. The van der Waals surface area contributed by atoms with Crippen LogP contribution in [0.5, 0.6) is 0 Å². The van der Waals surface area contributed by atoms with Gasteiger partial charge in [-0.25, -0.2) is 0 Å². The van der Waals surface area contributed by atoms with E-state index in [9.17, 15) is 4.79 Å². The molecule has 1 N–H and O–H groups in total. The average Bonchev–Trinajstić information content (AvgIpc) is 3.37. The lowest BCUT2D eigenvalue weighted by atomic mass is 9.79. The third kappa shape index (κ3) is 3.17. The molecule has 2 aromatic carbocycles. The fourth-order valence-corrected chi connectivity index (χ4v) is 3.31. The van der Waals surface area contributed by atoms with Gasteiger partial charge in [-0.05, 0) is 48.3 Å². The summed E-state index contributed by atoms with van der Waals surface area (Å²) in [5, 5.41) is 3.25. The van der Waals surface area contributed by atoms with E-state index in [2.05, 4.69) is 41.7 Å². The first-order chi connectivity index (χ1) is 11.3. The molecule has 2 nitrogen and oxygen atoms in total. The van der Waals surface area contributed by atoms with Crippen molar-refractivity contribution in [3.63, 3.8) is 0 Å². The van der Waals surface area contributed by atoms with Crippen molar-refractivity contribution < 1.29 is 4.79 Å². The summed E-state index contributed by atoms with van der Waals surface area (Å²) in [7, 11) is 0. The van der Waals surface area contributed by atoms with Gasteiger partial charge in [0.2, 0.25) is 5.91 Å². The SMILES string of the molecule is O=C(N[C@@H](c1ccccc1)c1ccc(C2CCC2)cc1)C1CC1. The quantitative estimate of drug-likeness (QED) is 0.861. The van der Waals surface area contributed by atoms with E-state index in [-0.39, 0.29) is 17.9 Å². The Kier molecular flexibility index (Phi) is 3.90. The van der Waals surface area contributed by atoms with E-state index in [1.54, 1.807) is 0 Å². The third-order valence-electron chi connectivity index (χ3n) is 5.21. The average molecular weight is 305 g/mol. The summed E-state index contributed by atoms with van der Waals surface area (Å²) in [6, 6.07) is 19.1. The molecule has 0 unspecified atom stereocenters. The summed E-state index contributed by atoms with van der Waals surface area (Å²) in [6.45, 7) is 0. The number of nitrogens with one attached hydrogen (secondary N) is 1. The summed E-state index contributed by atoms with van der Waals surface area (Å²) in [5.41, 5.74) is 3.77. The Balaban J connectivity index is 1.59. The van der Waals surface area contributed by atoms with Crippen molar-refractivity contribution in [2.45, 2.75) is 44.1 Å². The maximum atomic E-state index is 12.3. The largest absolute Gasteiger partial charge is 0.345 e. The van der Waals surface area contributed by atoms with Crippen LogP contribution < -0.4 is 5.32 Å². The smallest absolute Gasteiger partial charge is 0.223 e. The number of carbonyl (C=O) groups excluding carboxylic acids is 1. The van der Waals surface area contributed by atoms with Gasteiger partial charge in [0.1, 0.15) is 0 Å². The van der Waals surface area contributed by atoms with E-state index in [0.29, 0.717) is 0 Å². The number of hydrogen-bond acceptors (Lipinski definition) is 1. The van der Waals surface area contributed by atoms with E-state index in [1.165, 1.54) is 30.4 Å². The molecule has 0 spiro atoms. The first-order valence-electron chi connectivity index (χ1n) is 8.76. The van der Waals surface area contributed by atoms with Crippen molar-refractivity contribution in [2.75, 3.05) is 0 Å². The third-order valence-corrected chi connectivity index (χ3v) is 5.21. The molecule has 0 saturated heterocycles. The molecular formula is C21H23NO. The zero-order chi connectivity index (χ0) is 15.6. The fourth-order valence-electron chi connectivity index (χ4n) is 3.31. The molecule has 1 atom stereocenters. The molecular weight excluding hydrogens is 282 g/mol. The van der Waals surface area contributed by atoms with Crippen molar-refractivity contribution in [3.05, 3.63) is 71.3 Å². The second-order valence-electron chi connectivity index (χ2n) is 6.92. The van der Waals surface area contributed by atoms with Crippen LogP contribution in [0.3, 0.4) is 0 Å². The molecule has 0 bridgehead atoms. The summed E-state index contributed by atoms with van der Waals surface area (Å²) in [4.78, 5) is 12.3. The molecule has 2 heteroatoms. The zero-order valence-corrected chi connectivity index (χ0v) is 13.4. The Morgan fingerprint density at radius 3 is 2.09 bits per heavy atom. The minimum absolute atomic E-state index is 0.0419. The Morgan fingerprint density at radius 1 is 0.870 bits per heavy atom. The van der Waals surface area contributed by atoms with Crippen LogP contribution in [0.2, 0.25) is 0 Å². The number of rotatable bonds is 5. The molecule has 2 saturated carbocycles. The summed E-state index contributed by atoms with van der Waals surface area (Å²) in [5.74, 6) is 1.18. The first-order valence-corrected chi connectivity index (χ1v) is 8.76. The lowest BCUT2D eigenvalue weighted by molar-refractivity contribution is -0.122. The predicted octanol–water partition coefficient (Wildman–Crippen LogP) is 4.57. The van der Waals surface area contributed by atoms with Crippen molar-refractivity contribution >= 4 is 5.91 Å². The van der Waals surface area contributed by atoms with Crippen LogP contribution in [-0.2, 0) is 4.79 Å². The predicted molar refractivity (Wildman–Crippen MR) is 92.2 cm³/mol. The van der Waals surface area contributed by atoms with E-state index in [1.807, 2.05) is 18.2 Å². The van der Waals surface area contributed by atoms with Gasteiger partial charge in [-0.1, -0.05) is 61.0 Å². The van der Waals surface area contributed by atoms with Crippen LogP contribution in [0.1, 0.15) is 60.8 Å². The number of benzene rings is 2. The highest BCUT2D eigenvalue weighted by atomic mass is 16.2.